The van der Waals surface area contributed by atoms with Crippen molar-refractivity contribution in [2.24, 2.45) is 0 Å². The van der Waals surface area contributed by atoms with Crippen molar-refractivity contribution in [3.8, 4) is 0 Å². The highest BCUT2D eigenvalue weighted by Gasteiger charge is 2.31. The van der Waals surface area contributed by atoms with E-state index in [1.807, 2.05) is 35.0 Å². The first kappa shape index (κ1) is 17.9. The summed E-state index contributed by atoms with van der Waals surface area (Å²) >= 11 is 0. The molecule has 0 aromatic carbocycles. The number of hydrogen-bond acceptors (Lipinski definition) is 4. The topological polar surface area (TPSA) is 98.4 Å². The van der Waals surface area contributed by atoms with E-state index in [-0.39, 0.29) is 11.3 Å². The summed E-state index contributed by atoms with van der Waals surface area (Å²) in [6, 6.07) is 5.81. The van der Waals surface area contributed by atoms with Gasteiger partial charge in [-0.1, -0.05) is 0 Å². The zero-order valence-corrected chi connectivity index (χ0v) is 12.6. The molecule has 0 saturated carbocycles. The lowest BCUT2D eigenvalue weighted by molar-refractivity contribution is -0.578. The van der Waals surface area contributed by atoms with Gasteiger partial charge in [0.05, 0.1) is 4.91 Å². The standard InChI is InChI=1S/C12H9NO3S.C2HF3O2/c14-17(15,16)11-4-5-12-9(8-11)7-10-3-1-2-6-13(10)12;3-2(4,5)1(6)7/h1-7H,8H2;(H,6,7). The Balaban J connectivity index is 0.000000256. The highest BCUT2D eigenvalue weighted by atomic mass is 32.2. The van der Waals surface area contributed by atoms with E-state index in [1.165, 1.54) is 6.08 Å². The molecule has 0 fully saturated rings. The van der Waals surface area contributed by atoms with Crippen LogP contribution >= 0.6 is 0 Å². The molecule has 0 bridgehead atoms. The molecule has 1 aromatic heterocycles. The SMILES string of the molecule is O=C([O-])C(F)(F)F.O=S(=O)(O)C1=CC=C2C(=Cc3cccc[n+]32)C1. The number of aromatic nitrogens is 1. The molecule has 0 saturated heterocycles. The molecule has 0 atom stereocenters. The third kappa shape index (κ3) is 3.89. The number of carboxylic acid groups (broad SMARTS) is 1. The summed E-state index contributed by atoms with van der Waals surface area (Å²) in [6.45, 7) is 0. The molecule has 3 rings (SSSR count). The Morgan fingerprint density at radius 3 is 2.42 bits per heavy atom. The number of pyridine rings is 1. The molecule has 1 N–H and O–H groups in total. The molecule has 0 spiro atoms. The van der Waals surface area contributed by atoms with Crippen LogP contribution in [0, 0.1) is 0 Å². The third-order valence-corrected chi connectivity index (χ3v) is 4.10. The summed E-state index contributed by atoms with van der Waals surface area (Å²) in [5.74, 6) is -3.01. The van der Waals surface area contributed by atoms with Crippen molar-refractivity contribution >= 4 is 27.9 Å². The van der Waals surface area contributed by atoms with Crippen LogP contribution < -0.4 is 9.67 Å². The largest absolute Gasteiger partial charge is 0.542 e. The lowest BCUT2D eigenvalue weighted by atomic mass is 10.1. The molecule has 1 aliphatic heterocycles. The molecule has 0 amide bonds. The first-order valence-electron chi connectivity index (χ1n) is 6.38. The van der Waals surface area contributed by atoms with Gasteiger partial charge in [-0.2, -0.15) is 26.2 Å². The van der Waals surface area contributed by atoms with Gasteiger partial charge in [0, 0.05) is 36.3 Å². The summed E-state index contributed by atoms with van der Waals surface area (Å²) < 4.78 is 64.7. The average Bonchev–Trinajstić information content (AvgIpc) is 2.83. The molecule has 24 heavy (non-hydrogen) atoms. The predicted molar refractivity (Wildman–Crippen MR) is 74.2 cm³/mol. The Morgan fingerprint density at radius 1 is 1.25 bits per heavy atom. The number of carbonyl (C=O) groups is 1. The van der Waals surface area contributed by atoms with Crippen molar-refractivity contribution in [3.05, 3.63) is 52.7 Å². The second-order valence-corrected chi connectivity index (χ2v) is 6.26. The second kappa shape index (κ2) is 6.21. The molecule has 128 valence electrons. The lowest BCUT2D eigenvalue weighted by Crippen LogP contribution is -2.37. The Labute approximate surface area is 134 Å². The van der Waals surface area contributed by atoms with Crippen molar-refractivity contribution in [2.45, 2.75) is 12.6 Å². The zero-order valence-electron chi connectivity index (χ0n) is 11.8. The van der Waals surface area contributed by atoms with Gasteiger partial charge in [-0.3, -0.25) is 4.55 Å². The molecule has 10 heteroatoms. The van der Waals surface area contributed by atoms with Gasteiger partial charge in [-0.15, -0.1) is 0 Å². The Bertz CT molecular complexity index is 882. The Hall–Kier alpha value is -2.46. The summed E-state index contributed by atoms with van der Waals surface area (Å²) in [6.07, 6.45) is 2.08. The number of allylic oxidation sites excluding steroid dienone is 5. The summed E-state index contributed by atoms with van der Waals surface area (Å²) in [5.41, 5.74) is 2.89. The van der Waals surface area contributed by atoms with Gasteiger partial charge in [0.1, 0.15) is 5.97 Å². The van der Waals surface area contributed by atoms with Crippen molar-refractivity contribution in [2.75, 3.05) is 0 Å². The minimum atomic E-state index is -5.19. The predicted octanol–water partition coefficient (Wildman–Crippen LogP) is 0.686. The molecule has 0 unspecified atom stereocenters. The quantitative estimate of drug-likeness (QED) is 0.586. The molecule has 0 radical (unpaired) electrons. The van der Waals surface area contributed by atoms with Crippen LogP contribution in [-0.4, -0.2) is 25.1 Å². The van der Waals surface area contributed by atoms with E-state index in [2.05, 4.69) is 0 Å². The maximum atomic E-state index is 11.1. The van der Waals surface area contributed by atoms with Crippen LogP contribution in [0.5, 0.6) is 0 Å². The van der Waals surface area contributed by atoms with Crippen molar-refractivity contribution < 1.29 is 40.6 Å². The van der Waals surface area contributed by atoms with Gasteiger partial charge in [-0.25, -0.2) is 0 Å². The highest BCUT2D eigenvalue weighted by molar-refractivity contribution is 7.89. The van der Waals surface area contributed by atoms with E-state index in [0.717, 1.165) is 17.0 Å². The lowest BCUT2D eigenvalue weighted by Gasteiger charge is -2.08. The number of hydrogen-bond donors (Lipinski definition) is 1. The number of carboxylic acids is 1. The Morgan fingerprint density at radius 2 is 1.88 bits per heavy atom. The monoisotopic (exact) mass is 361 g/mol. The number of rotatable bonds is 1. The van der Waals surface area contributed by atoms with Crippen molar-refractivity contribution in [1.29, 1.82) is 0 Å². The normalized spacial score (nSPS) is 15.9. The van der Waals surface area contributed by atoms with Crippen LogP contribution in [0.3, 0.4) is 0 Å². The van der Waals surface area contributed by atoms with Gasteiger partial charge in [-0.05, 0) is 12.1 Å². The molecule has 2 aliphatic rings. The molecule has 1 aromatic rings. The van der Waals surface area contributed by atoms with E-state index >= 15 is 0 Å². The summed E-state index contributed by atoms with van der Waals surface area (Å²) in [4.78, 5) is 8.83. The third-order valence-electron chi connectivity index (χ3n) is 3.16. The van der Waals surface area contributed by atoms with Crippen LogP contribution in [0.25, 0.3) is 11.8 Å². The van der Waals surface area contributed by atoms with Crippen LogP contribution in [-0.2, 0) is 14.9 Å². The van der Waals surface area contributed by atoms with E-state index in [0.29, 0.717) is 0 Å². The number of carbonyl (C=O) groups excluding carboxylic acids is 1. The van der Waals surface area contributed by atoms with Crippen molar-refractivity contribution in [1.82, 2.24) is 0 Å². The number of nitrogens with zero attached hydrogens (tertiary/aromatic N) is 1. The van der Waals surface area contributed by atoms with Gasteiger partial charge >= 0.3 is 6.18 Å². The second-order valence-electron chi connectivity index (χ2n) is 4.79. The highest BCUT2D eigenvalue weighted by Crippen LogP contribution is 2.32. The first-order valence-corrected chi connectivity index (χ1v) is 7.82. The zero-order chi connectivity index (χ0) is 18.1. The minimum absolute atomic E-state index is 0.0425. The van der Waals surface area contributed by atoms with E-state index < -0.39 is 22.3 Å². The fraction of sp³-hybridized carbons (Fsp3) is 0.143. The van der Waals surface area contributed by atoms with Crippen LogP contribution in [0.1, 0.15) is 12.1 Å². The first-order chi connectivity index (χ1) is 11.0. The molecule has 1 aliphatic carbocycles. The van der Waals surface area contributed by atoms with Crippen LogP contribution in [0.4, 0.5) is 13.2 Å². The van der Waals surface area contributed by atoms with Gasteiger partial charge < -0.3 is 9.90 Å². The number of halogens is 3. The molecule has 6 nitrogen and oxygen atoms in total. The summed E-state index contributed by atoms with van der Waals surface area (Å²) in [7, 11) is -4.09. The summed E-state index contributed by atoms with van der Waals surface area (Å²) in [5, 5.41) is 8.78. The Kier molecular flexibility index (Phi) is 4.63. The van der Waals surface area contributed by atoms with Gasteiger partial charge in [0.25, 0.3) is 10.1 Å². The number of fused-ring (bicyclic) bond motifs is 3. The molecule has 2 heterocycles. The van der Waals surface area contributed by atoms with Gasteiger partial charge in [0.2, 0.25) is 11.4 Å². The van der Waals surface area contributed by atoms with Crippen LogP contribution in [0.2, 0.25) is 0 Å². The fourth-order valence-electron chi connectivity index (χ4n) is 2.13. The maximum absolute atomic E-state index is 11.1. The van der Waals surface area contributed by atoms with Crippen molar-refractivity contribution in [3.63, 3.8) is 0 Å². The van der Waals surface area contributed by atoms with Gasteiger partial charge in [0.15, 0.2) is 6.20 Å². The number of alkyl halides is 3. The maximum Gasteiger partial charge on any atom is 0.430 e. The number of aliphatic carboxylic acids is 1. The van der Waals surface area contributed by atoms with E-state index in [4.69, 9.17) is 14.5 Å². The minimum Gasteiger partial charge on any atom is -0.542 e. The smallest absolute Gasteiger partial charge is 0.430 e. The molecular weight excluding hydrogens is 351 g/mol. The van der Waals surface area contributed by atoms with Crippen LogP contribution in [0.15, 0.2) is 47.0 Å². The van der Waals surface area contributed by atoms with E-state index in [1.54, 1.807) is 6.08 Å². The fourth-order valence-corrected chi connectivity index (χ4v) is 2.70. The van der Waals surface area contributed by atoms with E-state index in [9.17, 15) is 21.6 Å². The average molecular weight is 361 g/mol. The molecular formula is C14H10F3NO5S.